The topological polar surface area (TPSA) is 69.0 Å². The summed E-state index contributed by atoms with van der Waals surface area (Å²) in [6, 6.07) is 20.9. The molecular weight excluding hydrogens is 444 g/mol. The number of carbonyl (C=O) groups excluding carboxylic acids is 1. The molecule has 3 aromatic carbocycles. The summed E-state index contributed by atoms with van der Waals surface area (Å²) in [6.07, 6.45) is 0. The van der Waals surface area contributed by atoms with Crippen molar-refractivity contribution in [2.75, 3.05) is 12.4 Å². The van der Waals surface area contributed by atoms with Crippen LogP contribution in [-0.4, -0.2) is 27.6 Å². The fourth-order valence-corrected chi connectivity index (χ4v) is 3.95. The van der Waals surface area contributed by atoms with Gasteiger partial charge in [-0.15, -0.1) is 0 Å². The number of fused-ring (bicyclic) bond motifs is 4. The van der Waals surface area contributed by atoms with Gasteiger partial charge in [-0.1, -0.05) is 28.1 Å². The molecule has 0 spiro atoms. The number of ether oxygens (including phenoxy) is 1. The Balaban J connectivity index is 1.59. The fourth-order valence-electron chi connectivity index (χ4n) is 3.59. The predicted molar refractivity (Wildman–Crippen MR) is 122 cm³/mol. The average molecular weight is 461 g/mol. The molecule has 5 aromatic rings. The van der Waals surface area contributed by atoms with E-state index in [0.29, 0.717) is 11.3 Å². The third-order valence-corrected chi connectivity index (χ3v) is 5.48. The van der Waals surface area contributed by atoms with Gasteiger partial charge in [0.15, 0.2) is 5.65 Å². The number of rotatable bonds is 4. The summed E-state index contributed by atoms with van der Waals surface area (Å²) in [5, 5.41) is 3.89. The van der Waals surface area contributed by atoms with Crippen molar-refractivity contribution in [2.45, 2.75) is 6.54 Å². The molecule has 0 saturated carbocycles. The van der Waals surface area contributed by atoms with E-state index < -0.39 is 0 Å². The Labute approximate surface area is 180 Å². The molecule has 0 aliphatic rings. The quantitative estimate of drug-likeness (QED) is 0.402. The third kappa shape index (κ3) is 3.27. The highest BCUT2D eigenvalue weighted by molar-refractivity contribution is 9.10. The van der Waals surface area contributed by atoms with E-state index in [1.807, 2.05) is 71.3 Å². The van der Waals surface area contributed by atoms with Crippen LogP contribution in [0.5, 0.6) is 5.75 Å². The summed E-state index contributed by atoms with van der Waals surface area (Å²) in [5.41, 5.74) is 4.71. The van der Waals surface area contributed by atoms with Gasteiger partial charge in [-0.3, -0.25) is 4.79 Å². The molecule has 0 saturated heterocycles. The van der Waals surface area contributed by atoms with E-state index in [0.717, 1.165) is 37.7 Å². The number of hydrogen-bond acceptors (Lipinski definition) is 4. The zero-order valence-corrected chi connectivity index (χ0v) is 17.7. The van der Waals surface area contributed by atoms with E-state index in [1.165, 1.54) is 0 Å². The van der Waals surface area contributed by atoms with Crippen LogP contribution in [0.1, 0.15) is 0 Å². The lowest BCUT2D eigenvalue weighted by Crippen LogP contribution is -2.18. The van der Waals surface area contributed by atoms with Crippen LogP contribution in [0, 0.1) is 0 Å². The number of hydrogen-bond donors (Lipinski definition) is 1. The maximum Gasteiger partial charge on any atom is 0.244 e. The van der Waals surface area contributed by atoms with Crippen LogP contribution in [0.2, 0.25) is 0 Å². The number of benzene rings is 3. The summed E-state index contributed by atoms with van der Waals surface area (Å²) in [6.45, 7) is 0.126. The SMILES string of the molecule is COc1ccc(NC(=O)Cn2c3ccc(Br)cc3c3nc4ccccc4nc32)cc1. The van der Waals surface area contributed by atoms with Crippen molar-refractivity contribution < 1.29 is 9.53 Å². The van der Waals surface area contributed by atoms with E-state index >= 15 is 0 Å². The predicted octanol–water partition coefficient (Wildman–Crippen LogP) is 5.15. The van der Waals surface area contributed by atoms with Crippen molar-refractivity contribution in [1.29, 1.82) is 0 Å². The highest BCUT2D eigenvalue weighted by Crippen LogP contribution is 2.30. The van der Waals surface area contributed by atoms with Crippen LogP contribution in [-0.2, 0) is 11.3 Å². The van der Waals surface area contributed by atoms with Crippen LogP contribution in [0.25, 0.3) is 33.1 Å². The summed E-state index contributed by atoms with van der Waals surface area (Å²) in [4.78, 5) is 22.5. The van der Waals surface area contributed by atoms with Crippen molar-refractivity contribution in [3.63, 3.8) is 0 Å². The molecule has 6 nitrogen and oxygen atoms in total. The Kier molecular flexibility index (Phi) is 4.59. The first-order valence-electron chi connectivity index (χ1n) is 9.40. The fraction of sp³-hybridized carbons (Fsp3) is 0.0870. The van der Waals surface area contributed by atoms with Crippen molar-refractivity contribution in [3.05, 3.63) is 71.2 Å². The molecule has 0 aliphatic heterocycles. The van der Waals surface area contributed by atoms with Gasteiger partial charge in [-0.2, -0.15) is 0 Å². The van der Waals surface area contributed by atoms with E-state index in [1.54, 1.807) is 7.11 Å². The number of halogens is 1. The molecule has 0 fully saturated rings. The molecule has 2 heterocycles. The molecule has 30 heavy (non-hydrogen) atoms. The Morgan fingerprint density at radius 3 is 2.50 bits per heavy atom. The highest BCUT2D eigenvalue weighted by Gasteiger charge is 2.17. The molecule has 148 valence electrons. The Morgan fingerprint density at radius 2 is 1.77 bits per heavy atom. The first-order chi connectivity index (χ1) is 14.6. The minimum Gasteiger partial charge on any atom is -0.497 e. The second-order valence-corrected chi connectivity index (χ2v) is 7.82. The lowest BCUT2D eigenvalue weighted by Gasteiger charge is -2.09. The summed E-state index contributed by atoms with van der Waals surface area (Å²) >= 11 is 3.54. The van der Waals surface area contributed by atoms with E-state index in [-0.39, 0.29) is 12.5 Å². The first-order valence-corrected chi connectivity index (χ1v) is 10.2. The molecule has 0 atom stereocenters. The van der Waals surface area contributed by atoms with E-state index in [9.17, 15) is 4.79 Å². The number of para-hydroxylation sites is 2. The first kappa shape index (κ1) is 18.6. The average Bonchev–Trinajstić information content (AvgIpc) is 3.04. The van der Waals surface area contributed by atoms with E-state index in [2.05, 4.69) is 21.2 Å². The molecule has 1 amide bonds. The van der Waals surface area contributed by atoms with E-state index in [4.69, 9.17) is 14.7 Å². The van der Waals surface area contributed by atoms with Crippen molar-refractivity contribution in [2.24, 2.45) is 0 Å². The Morgan fingerprint density at radius 1 is 1.03 bits per heavy atom. The van der Waals surface area contributed by atoms with Gasteiger partial charge in [0.1, 0.15) is 17.8 Å². The van der Waals surface area contributed by atoms with Crippen LogP contribution in [0.15, 0.2) is 71.2 Å². The lowest BCUT2D eigenvalue weighted by atomic mass is 10.2. The number of methoxy groups -OCH3 is 1. The maximum atomic E-state index is 12.8. The molecule has 0 aliphatic carbocycles. The van der Waals surface area contributed by atoms with Crippen LogP contribution < -0.4 is 10.1 Å². The number of nitrogens with one attached hydrogen (secondary N) is 1. The van der Waals surface area contributed by atoms with Gasteiger partial charge in [-0.05, 0) is 54.6 Å². The Hall–Kier alpha value is -3.45. The summed E-state index contributed by atoms with van der Waals surface area (Å²) < 4.78 is 8.03. The monoisotopic (exact) mass is 460 g/mol. The largest absolute Gasteiger partial charge is 0.497 e. The molecule has 7 heteroatoms. The summed E-state index contributed by atoms with van der Waals surface area (Å²) in [7, 11) is 1.61. The Bertz CT molecular complexity index is 1410. The highest BCUT2D eigenvalue weighted by atomic mass is 79.9. The second-order valence-electron chi connectivity index (χ2n) is 6.91. The molecule has 0 bridgehead atoms. The van der Waals surface area contributed by atoms with Gasteiger partial charge >= 0.3 is 0 Å². The van der Waals surface area contributed by atoms with Crippen LogP contribution in [0.4, 0.5) is 5.69 Å². The lowest BCUT2D eigenvalue weighted by molar-refractivity contribution is -0.116. The number of carbonyl (C=O) groups is 1. The van der Waals surface area contributed by atoms with Gasteiger partial charge in [-0.25, -0.2) is 9.97 Å². The van der Waals surface area contributed by atoms with Gasteiger partial charge in [0.25, 0.3) is 0 Å². The van der Waals surface area contributed by atoms with Crippen molar-refractivity contribution in [1.82, 2.24) is 14.5 Å². The number of nitrogens with zero attached hydrogens (tertiary/aromatic N) is 3. The van der Waals surface area contributed by atoms with Gasteiger partial charge in [0.05, 0.1) is 23.7 Å². The molecule has 0 unspecified atom stereocenters. The summed E-state index contributed by atoms with van der Waals surface area (Å²) in [5.74, 6) is 0.597. The standard InChI is InChI=1S/C23H17BrN4O2/c1-30-16-9-7-15(8-10-16)25-21(29)13-28-20-11-6-14(24)12-17(20)22-23(28)27-19-5-3-2-4-18(19)26-22/h2-12H,13H2,1H3,(H,25,29). The van der Waals surface area contributed by atoms with Crippen LogP contribution >= 0.6 is 15.9 Å². The molecule has 1 N–H and O–H groups in total. The van der Waals surface area contributed by atoms with Gasteiger partial charge in [0, 0.05) is 15.5 Å². The van der Waals surface area contributed by atoms with Gasteiger partial charge in [0.2, 0.25) is 5.91 Å². The molecule has 0 radical (unpaired) electrons. The van der Waals surface area contributed by atoms with Crippen molar-refractivity contribution >= 4 is 60.6 Å². The molecule has 2 aromatic heterocycles. The zero-order chi connectivity index (χ0) is 20.7. The normalized spacial score (nSPS) is 11.3. The second kappa shape index (κ2) is 7.42. The molecule has 5 rings (SSSR count). The number of aromatic nitrogens is 3. The number of amides is 1. The number of anilines is 1. The minimum absolute atomic E-state index is 0.126. The smallest absolute Gasteiger partial charge is 0.244 e. The zero-order valence-electron chi connectivity index (χ0n) is 16.1. The van der Waals surface area contributed by atoms with Gasteiger partial charge < -0.3 is 14.6 Å². The van der Waals surface area contributed by atoms with Crippen molar-refractivity contribution in [3.8, 4) is 5.75 Å². The minimum atomic E-state index is -0.142. The maximum absolute atomic E-state index is 12.8. The molecular formula is C23H17BrN4O2. The third-order valence-electron chi connectivity index (χ3n) is 4.99. The van der Waals surface area contributed by atoms with Crippen LogP contribution in [0.3, 0.4) is 0 Å².